The van der Waals surface area contributed by atoms with E-state index in [0.717, 1.165) is 34.6 Å². The van der Waals surface area contributed by atoms with Gasteiger partial charge in [0.2, 0.25) is 5.91 Å². The van der Waals surface area contributed by atoms with E-state index in [1.54, 1.807) is 16.8 Å². The van der Waals surface area contributed by atoms with Crippen LogP contribution < -0.4 is 4.90 Å². The second-order valence-corrected chi connectivity index (χ2v) is 10.7. The van der Waals surface area contributed by atoms with Gasteiger partial charge in [0.15, 0.2) is 5.65 Å². The number of amides is 1. The largest absolute Gasteiger partial charge is 0.352 e. The highest BCUT2D eigenvalue weighted by atomic mass is 19.1. The fourth-order valence-electron chi connectivity index (χ4n) is 5.39. The van der Waals surface area contributed by atoms with Crippen molar-refractivity contribution in [2.45, 2.75) is 33.1 Å². The Morgan fingerprint density at radius 1 is 0.829 bits per heavy atom. The van der Waals surface area contributed by atoms with Gasteiger partial charge in [0.25, 0.3) is 0 Å². The highest BCUT2D eigenvalue weighted by Gasteiger charge is 2.26. The lowest BCUT2D eigenvalue weighted by molar-refractivity contribution is -0.131. The van der Waals surface area contributed by atoms with Gasteiger partial charge in [-0.05, 0) is 55.7 Å². The second-order valence-electron chi connectivity index (χ2n) is 10.7. The highest BCUT2D eigenvalue weighted by molar-refractivity contribution is 5.91. The van der Waals surface area contributed by atoms with Crippen LogP contribution in [-0.4, -0.2) is 56.7 Å². The molecule has 0 aliphatic carbocycles. The van der Waals surface area contributed by atoms with Crippen molar-refractivity contribution in [3.05, 3.63) is 113 Å². The lowest BCUT2D eigenvalue weighted by Crippen LogP contribution is -2.49. The molecule has 0 saturated carbocycles. The van der Waals surface area contributed by atoms with E-state index in [0.29, 0.717) is 50.5 Å². The maximum atomic E-state index is 13.7. The molecular weight excluding hydrogens is 515 g/mol. The van der Waals surface area contributed by atoms with Crippen LogP contribution in [0.3, 0.4) is 0 Å². The average Bonchev–Trinajstić information content (AvgIpc) is 3.33. The summed E-state index contributed by atoms with van der Waals surface area (Å²) in [6.45, 7) is 6.65. The van der Waals surface area contributed by atoms with Crippen LogP contribution in [-0.2, 0) is 17.6 Å². The van der Waals surface area contributed by atoms with Crippen molar-refractivity contribution in [3.8, 4) is 5.69 Å². The molecule has 1 aliphatic heterocycles. The monoisotopic (exact) mass is 548 g/mol. The number of nitrogens with zero attached hydrogens (tertiary/aromatic N) is 6. The Labute approximate surface area is 239 Å². The first-order valence-electron chi connectivity index (χ1n) is 14.1. The van der Waals surface area contributed by atoms with Crippen LogP contribution >= 0.6 is 0 Å². The van der Waals surface area contributed by atoms with Gasteiger partial charge in [-0.1, -0.05) is 60.2 Å². The van der Waals surface area contributed by atoms with E-state index in [-0.39, 0.29) is 11.7 Å². The Balaban J connectivity index is 1.29. The van der Waals surface area contributed by atoms with Gasteiger partial charge < -0.3 is 9.80 Å². The maximum absolute atomic E-state index is 13.7. The fourth-order valence-corrected chi connectivity index (χ4v) is 5.39. The first-order chi connectivity index (χ1) is 19.9. The summed E-state index contributed by atoms with van der Waals surface area (Å²) in [4.78, 5) is 27.2. The van der Waals surface area contributed by atoms with E-state index in [2.05, 4.69) is 48.2 Å². The Hall–Kier alpha value is -4.59. The molecule has 1 aliphatic rings. The molecule has 0 N–H and O–H groups in total. The quantitative estimate of drug-likeness (QED) is 0.271. The molecule has 0 atom stereocenters. The molecular formula is C33H33FN6O. The zero-order chi connectivity index (χ0) is 28.3. The molecule has 0 spiro atoms. The number of carbonyl (C=O) groups excluding carboxylic acids is 1. The van der Waals surface area contributed by atoms with Gasteiger partial charge in [-0.3, -0.25) is 4.79 Å². The summed E-state index contributed by atoms with van der Waals surface area (Å²) in [7, 11) is 0. The molecule has 3 heterocycles. The highest BCUT2D eigenvalue weighted by Crippen LogP contribution is 2.30. The maximum Gasteiger partial charge on any atom is 0.223 e. The van der Waals surface area contributed by atoms with Crippen LogP contribution in [0, 0.1) is 19.7 Å². The van der Waals surface area contributed by atoms with Crippen LogP contribution in [0.2, 0.25) is 0 Å². The molecule has 8 heteroatoms. The summed E-state index contributed by atoms with van der Waals surface area (Å²) < 4.78 is 15.5. The molecule has 41 heavy (non-hydrogen) atoms. The molecule has 1 amide bonds. The van der Waals surface area contributed by atoms with Crippen molar-refractivity contribution in [3.63, 3.8) is 0 Å². The number of hydrogen-bond donors (Lipinski definition) is 0. The minimum absolute atomic E-state index is 0.182. The molecule has 1 fully saturated rings. The standard InChI is InChI=1S/C33H33FN6O/c1-23-8-10-26(11-9-23)22-29-35-32(31-24(2)37-40(33(31)36-29)28-15-13-27(34)14-16-28)39-20-18-38(19-21-39)30(41)17-12-25-6-4-3-5-7-25/h3-11,13-16H,12,17-22H2,1-2H3. The molecule has 3 aromatic carbocycles. The molecule has 0 radical (unpaired) electrons. The Kier molecular flexibility index (Phi) is 7.46. The van der Waals surface area contributed by atoms with Crippen LogP contribution in [0.4, 0.5) is 10.2 Å². The normalized spacial score (nSPS) is 13.6. The Morgan fingerprint density at radius 2 is 1.54 bits per heavy atom. The molecule has 5 aromatic rings. The van der Waals surface area contributed by atoms with Crippen molar-refractivity contribution in [1.82, 2.24) is 24.6 Å². The molecule has 0 unspecified atom stereocenters. The van der Waals surface area contributed by atoms with Gasteiger partial charge in [-0.15, -0.1) is 0 Å². The summed E-state index contributed by atoms with van der Waals surface area (Å²) >= 11 is 0. The number of hydrogen-bond acceptors (Lipinski definition) is 5. The van der Waals surface area contributed by atoms with Crippen molar-refractivity contribution >= 4 is 22.8 Å². The number of benzene rings is 3. The van der Waals surface area contributed by atoms with Crippen LogP contribution in [0.15, 0.2) is 78.9 Å². The van der Waals surface area contributed by atoms with E-state index in [4.69, 9.17) is 15.1 Å². The molecule has 7 nitrogen and oxygen atoms in total. The molecule has 0 bridgehead atoms. The SMILES string of the molecule is Cc1ccc(Cc2nc(N3CCN(C(=O)CCc4ccccc4)CC3)c3c(C)nn(-c4ccc(F)cc4)c3n2)cc1. The van der Waals surface area contributed by atoms with Crippen LogP contribution in [0.1, 0.15) is 34.6 Å². The number of carbonyl (C=O) groups is 1. The van der Waals surface area contributed by atoms with Gasteiger partial charge in [0.05, 0.1) is 16.8 Å². The van der Waals surface area contributed by atoms with Crippen LogP contribution in [0.5, 0.6) is 0 Å². The summed E-state index contributed by atoms with van der Waals surface area (Å²) in [6.07, 6.45) is 1.83. The third-order valence-corrected chi connectivity index (χ3v) is 7.69. The number of anilines is 1. The van der Waals surface area contributed by atoms with Gasteiger partial charge in [0.1, 0.15) is 17.5 Å². The number of rotatable bonds is 7. The lowest BCUT2D eigenvalue weighted by atomic mass is 10.1. The molecule has 2 aromatic heterocycles. The average molecular weight is 549 g/mol. The van der Waals surface area contributed by atoms with E-state index in [1.165, 1.54) is 23.3 Å². The number of halogens is 1. The smallest absolute Gasteiger partial charge is 0.223 e. The zero-order valence-corrected chi connectivity index (χ0v) is 23.4. The summed E-state index contributed by atoms with van der Waals surface area (Å²) in [5.74, 6) is 1.41. The van der Waals surface area contributed by atoms with Gasteiger partial charge in [-0.25, -0.2) is 19.0 Å². The van der Waals surface area contributed by atoms with E-state index in [9.17, 15) is 9.18 Å². The van der Waals surface area contributed by atoms with Gasteiger partial charge >= 0.3 is 0 Å². The van der Waals surface area contributed by atoms with E-state index < -0.39 is 0 Å². The molecule has 6 rings (SSSR count). The molecule has 1 saturated heterocycles. The lowest BCUT2D eigenvalue weighted by Gasteiger charge is -2.36. The Bertz CT molecular complexity index is 1660. The summed E-state index contributed by atoms with van der Waals surface area (Å²) in [5, 5.41) is 5.68. The van der Waals surface area contributed by atoms with Gasteiger partial charge in [0, 0.05) is 39.0 Å². The second kappa shape index (κ2) is 11.5. The Morgan fingerprint density at radius 3 is 2.24 bits per heavy atom. The van der Waals surface area contributed by atoms with Crippen molar-refractivity contribution in [2.75, 3.05) is 31.1 Å². The summed E-state index contributed by atoms with van der Waals surface area (Å²) in [6, 6.07) is 24.8. The van der Waals surface area contributed by atoms with Crippen LogP contribution in [0.25, 0.3) is 16.7 Å². The van der Waals surface area contributed by atoms with E-state index >= 15 is 0 Å². The van der Waals surface area contributed by atoms with Crippen molar-refractivity contribution in [1.29, 1.82) is 0 Å². The number of piperazine rings is 1. The topological polar surface area (TPSA) is 67.2 Å². The third kappa shape index (κ3) is 5.82. The van der Waals surface area contributed by atoms with Crippen molar-refractivity contribution in [2.24, 2.45) is 0 Å². The predicted octanol–water partition coefficient (Wildman–Crippen LogP) is 5.44. The van der Waals surface area contributed by atoms with Gasteiger partial charge in [-0.2, -0.15) is 5.10 Å². The number of aryl methyl sites for hydroxylation is 3. The first kappa shape index (κ1) is 26.6. The number of fused-ring (bicyclic) bond motifs is 1. The zero-order valence-electron chi connectivity index (χ0n) is 23.4. The predicted molar refractivity (Wildman–Crippen MR) is 159 cm³/mol. The number of aromatic nitrogens is 4. The van der Waals surface area contributed by atoms with Crippen molar-refractivity contribution < 1.29 is 9.18 Å². The minimum atomic E-state index is -0.298. The fraction of sp³-hybridized carbons (Fsp3) is 0.273. The summed E-state index contributed by atoms with van der Waals surface area (Å²) in [5.41, 5.74) is 5.75. The minimum Gasteiger partial charge on any atom is -0.352 e. The third-order valence-electron chi connectivity index (χ3n) is 7.69. The van der Waals surface area contributed by atoms with E-state index in [1.807, 2.05) is 30.0 Å². The first-order valence-corrected chi connectivity index (χ1v) is 14.1. The molecule has 208 valence electrons.